The number of amidine groups is 1. The van der Waals surface area contributed by atoms with Crippen molar-refractivity contribution in [1.29, 1.82) is 0 Å². The number of benzene rings is 1. The van der Waals surface area contributed by atoms with Gasteiger partial charge in [-0.05, 0) is 55.9 Å². The van der Waals surface area contributed by atoms with E-state index < -0.39 is 0 Å². The molecule has 0 bridgehead atoms. The van der Waals surface area contributed by atoms with Gasteiger partial charge >= 0.3 is 0 Å². The zero-order valence-corrected chi connectivity index (χ0v) is 16.1. The van der Waals surface area contributed by atoms with E-state index in [4.69, 9.17) is 27.6 Å². The van der Waals surface area contributed by atoms with Crippen LogP contribution in [0, 0.1) is 0 Å². The minimum Gasteiger partial charge on any atom is -0.457 e. The number of aliphatic imine (C=N–C) groups is 1. The van der Waals surface area contributed by atoms with E-state index in [1.54, 1.807) is 35.2 Å². The molecule has 1 aliphatic rings. The average Bonchev–Trinajstić information content (AvgIpc) is 3.16. The number of carbonyl (C=O) groups is 1. The number of rotatable bonds is 4. The summed E-state index contributed by atoms with van der Waals surface area (Å²) in [4.78, 5) is 19.1. The van der Waals surface area contributed by atoms with Crippen LogP contribution in [0.3, 0.4) is 0 Å². The Morgan fingerprint density at radius 2 is 2.04 bits per heavy atom. The predicted octanol–water partition coefficient (Wildman–Crippen LogP) is 5.57. The van der Waals surface area contributed by atoms with Gasteiger partial charge in [-0.3, -0.25) is 14.7 Å². The fourth-order valence-electron chi connectivity index (χ4n) is 2.43. The van der Waals surface area contributed by atoms with Crippen molar-refractivity contribution in [3.8, 4) is 11.3 Å². The van der Waals surface area contributed by atoms with E-state index in [-0.39, 0.29) is 5.91 Å². The highest BCUT2D eigenvalue weighted by Gasteiger charge is 2.32. The third-order valence-corrected chi connectivity index (χ3v) is 5.20. The smallest absolute Gasteiger partial charge is 0.266 e. The van der Waals surface area contributed by atoms with Crippen molar-refractivity contribution in [2.24, 2.45) is 4.99 Å². The molecule has 4 nitrogen and oxygen atoms in total. The second kappa shape index (κ2) is 7.68. The lowest BCUT2D eigenvalue weighted by atomic mass is 10.2. The Morgan fingerprint density at radius 1 is 1.24 bits per heavy atom. The van der Waals surface area contributed by atoms with Crippen molar-refractivity contribution in [2.75, 3.05) is 13.1 Å². The lowest BCUT2D eigenvalue weighted by Crippen LogP contribution is -2.28. The summed E-state index contributed by atoms with van der Waals surface area (Å²) in [5, 5.41) is 1.86. The van der Waals surface area contributed by atoms with Gasteiger partial charge in [-0.2, -0.15) is 0 Å². The molecule has 1 aromatic carbocycles. The van der Waals surface area contributed by atoms with E-state index in [1.807, 2.05) is 19.9 Å². The van der Waals surface area contributed by atoms with Crippen LogP contribution < -0.4 is 0 Å². The Balaban J connectivity index is 1.91. The maximum absolute atomic E-state index is 12.5. The summed E-state index contributed by atoms with van der Waals surface area (Å²) in [6.45, 7) is 5.10. The van der Waals surface area contributed by atoms with Gasteiger partial charge in [0, 0.05) is 29.8 Å². The quantitative estimate of drug-likeness (QED) is 0.637. The molecule has 1 amide bonds. The molecule has 0 N–H and O–H groups in total. The zero-order valence-electron chi connectivity index (χ0n) is 13.8. The van der Waals surface area contributed by atoms with Gasteiger partial charge < -0.3 is 4.42 Å². The van der Waals surface area contributed by atoms with Crippen LogP contribution in [0.2, 0.25) is 10.0 Å². The molecule has 0 atom stereocenters. The summed E-state index contributed by atoms with van der Waals surface area (Å²) in [5.41, 5.74) is 0.715. The van der Waals surface area contributed by atoms with Crippen molar-refractivity contribution in [1.82, 2.24) is 4.90 Å². The van der Waals surface area contributed by atoms with Crippen molar-refractivity contribution in [2.45, 2.75) is 13.8 Å². The molecule has 2 heterocycles. The Kier molecular flexibility index (Phi) is 5.57. The van der Waals surface area contributed by atoms with E-state index in [0.717, 1.165) is 5.17 Å². The lowest BCUT2D eigenvalue weighted by molar-refractivity contribution is -0.122. The molecule has 1 saturated heterocycles. The molecule has 0 aliphatic carbocycles. The minimum absolute atomic E-state index is 0.0570. The summed E-state index contributed by atoms with van der Waals surface area (Å²) in [6.07, 6.45) is 1.73. The van der Waals surface area contributed by atoms with Crippen LogP contribution in [0.25, 0.3) is 17.4 Å². The van der Waals surface area contributed by atoms with E-state index in [9.17, 15) is 4.79 Å². The van der Waals surface area contributed by atoms with E-state index in [0.29, 0.717) is 45.1 Å². The first-order valence-corrected chi connectivity index (χ1v) is 9.41. The van der Waals surface area contributed by atoms with Gasteiger partial charge in [0.05, 0.1) is 9.93 Å². The van der Waals surface area contributed by atoms with Gasteiger partial charge in [0.2, 0.25) is 0 Å². The standard InChI is InChI=1S/C18H16Cl2N2O2S/c1-3-21-18-22(4-2)17(23)16(25-18)10-12-6-8-15(24-12)13-9-11(19)5-7-14(13)20/h5-10H,3-4H2,1-2H3. The highest BCUT2D eigenvalue weighted by molar-refractivity contribution is 8.18. The molecular weight excluding hydrogens is 379 g/mol. The van der Waals surface area contributed by atoms with Crippen LogP contribution in [0.4, 0.5) is 0 Å². The summed E-state index contributed by atoms with van der Waals surface area (Å²) in [5.74, 6) is 1.12. The highest BCUT2D eigenvalue weighted by Crippen LogP contribution is 2.35. The van der Waals surface area contributed by atoms with E-state index in [1.165, 1.54) is 11.8 Å². The Morgan fingerprint density at radius 3 is 2.76 bits per heavy atom. The molecule has 0 unspecified atom stereocenters. The number of halogens is 2. The normalized spacial score (nSPS) is 17.9. The number of carbonyl (C=O) groups excluding carboxylic acids is 1. The third kappa shape index (κ3) is 3.78. The Bertz CT molecular complexity index is 874. The molecule has 1 fully saturated rings. The Labute approximate surface area is 160 Å². The van der Waals surface area contributed by atoms with Gasteiger partial charge in [0.1, 0.15) is 11.5 Å². The van der Waals surface area contributed by atoms with Crippen LogP contribution in [0.1, 0.15) is 19.6 Å². The van der Waals surface area contributed by atoms with Crippen LogP contribution in [-0.4, -0.2) is 29.1 Å². The SMILES string of the molecule is CCN=C1SC(=Cc2ccc(-c3cc(Cl)ccc3Cl)o2)C(=O)N1CC. The fraction of sp³-hybridized carbons (Fsp3) is 0.222. The summed E-state index contributed by atoms with van der Waals surface area (Å²) >= 11 is 13.6. The van der Waals surface area contributed by atoms with Crippen LogP contribution in [0.15, 0.2) is 44.6 Å². The second-order valence-corrected chi connectivity index (χ2v) is 7.10. The van der Waals surface area contributed by atoms with E-state index in [2.05, 4.69) is 4.99 Å². The van der Waals surface area contributed by atoms with Gasteiger partial charge in [-0.1, -0.05) is 23.2 Å². The van der Waals surface area contributed by atoms with Crippen LogP contribution in [0.5, 0.6) is 0 Å². The van der Waals surface area contributed by atoms with Crippen molar-refractivity contribution in [3.05, 3.63) is 51.0 Å². The lowest BCUT2D eigenvalue weighted by Gasteiger charge is -2.11. The molecule has 3 rings (SSSR count). The molecule has 25 heavy (non-hydrogen) atoms. The number of amides is 1. The summed E-state index contributed by atoms with van der Waals surface area (Å²) in [6, 6.07) is 8.81. The van der Waals surface area contributed by atoms with Crippen LogP contribution in [-0.2, 0) is 4.79 Å². The average molecular weight is 395 g/mol. The molecule has 0 spiro atoms. The van der Waals surface area contributed by atoms with Crippen LogP contribution >= 0.6 is 35.0 Å². The van der Waals surface area contributed by atoms with Gasteiger partial charge in [-0.15, -0.1) is 0 Å². The number of thioether (sulfide) groups is 1. The molecule has 0 radical (unpaired) electrons. The number of nitrogens with zero attached hydrogens (tertiary/aromatic N) is 2. The molecule has 130 valence electrons. The molecule has 2 aromatic rings. The first-order valence-electron chi connectivity index (χ1n) is 7.84. The van der Waals surface area contributed by atoms with Gasteiger partial charge in [-0.25, -0.2) is 0 Å². The van der Waals surface area contributed by atoms with Crippen molar-refractivity contribution >= 4 is 52.1 Å². The highest BCUT2D eigenvalue weighted by atomic mass is 35.5. The molecule has 0 saturated carbocycles. The largest absolute Gasteiger partial charge is 0.457 e. The molecular formula is C18H16Cl2N2O2S. The number of hydrogen-bond acceptors (Lipinski definition) is 4. The van der Waals surface area contributed by atoms with E-state index >= 15 is 0 Å². The topological polar surface area (TPSA) is 45.8 Å². The first kappa shape index (κ1) is 18.1. The van der Waals surface area contributed by atoms with Crippen molar-refractivity contribution in [3.63, 3.8) is 0 Å². The molecule has 7 heteroatoms. The number of hydrogen-bond donors (Lipinski definition) is 0. The predicted molar refractivity (Wildman–Crippen MR) is 105 cm³/mol. The minimum atomic E-state index is -0.0570. The fourth-order valence-corrected chi connectivity index (χ4v) is 3.90. The van der Waals surface area contributed by atoms with Gasteiger partial charge in [0.15, 0.2) is 5.17 Å². The summed E-state index contributed by atoms with van der Waals surface area (Å²) < 4.78 is 5.84. The number of furan rings is 1. The second-order valence-electron chi connectivity index (χ2n) is 5.24. The zero-order chi connectivity index (χ0) is 18.0. The Hall–Kier alpha value is -1.69. The summed E-state index contributed by atoms with van der Waals surface area (Å²) in [7, 11) is 0. The third-order valence-electron chi connectivity index (χ3n) is 3.59. The number of likely N-dealkylation sites (N-methyl/N-ethyl adjacent to an activating group) is 1. The maximum atomic E-state index is 12.5. The first-order chi connectivity index (χ1) is 12.0. The van der Waals surface area contributed by atoms with Crippen molar-refractivity contribution < 1.29 is 9.21 Å². The molecule has 1 aromatic heterocycles. The molecule has 1 aliphatic heterocycles. The van der Waals surface area contributed by atoms with Gasteiger partial charge in [0.25, 0.3) is 5.91 Å². The monoisotopic (exact) mass is 394 g/mol. The maximum Gasteiger partial charge on any atom is 0.266 e.